The molecular formula is C10H19N3S. The van der Waals surface area contributed by atoms with E-state index in [2.05, 4.69) is 22.6 Å². The average Bonchev–Trinajstić information content (AvgIpc) is 2.58. The van der Waals surface area contributed by atoms with Gasteiger partial charge in [0, 0.05) is 17.6 Å². The van der Waals surface area contributed by atoms with Crippen molar-refractivity contribution in [3.8, 4) is 0 Å². The first-order chi connectivity index (χ1) is 6.72. The normalized spacial score (nSPS) is 13.1. The Labute approximate surface area is 89.7 Å². The minimum atomic E-state index is 0.612. The second kappa shape index (κ2) is 6.11. The molecule has 80 valence electrons. The summed E-state index contributed by atoms with van der Waals surface area (Å²) in [5.74, 6) is 0.612. The standard InChI is InChI=1S/C10H19N3S/c1-8(5-11)3-4-12-6-10-13-9(2)7-14-10/h7-8,12H,3-6,11H2,1-2H3. The van der Waals surface area contributed by atoms with Gasteiger partial charge in [-0.1, -0.05) is 6.92 Å². The molecule has 0 saturated heterocycles. The molecule has 14 heavy (non-hydrogen) atoms. The van der Waals surface area contributed by atoms with E-state index in [-0.39, 0.29) is 0 Å². The largest absolute Gasteiger partial charge is 0.330 e. The molecule has 0 aliphatic heterocycles. The second-order valence-electron chi connectivity index (χ2n) is 3.69. The first-order valence-electron chi connectivity index (χ1n) is 5.04. The maximum Gasteiger partial charge on any atom is 0.107 e. The van der Waals surface area contributed by atoms with Gasteiger partial charge in [0.1, 0.15) is 5.01 Å². The first-order valence-corrected chi connectivity index (χ1v) is 5.92. The predicted molar refractivity (Wildman–Crippen MR) is 61.4 cm³/mol. The Morgan fingerprint density at radius 3 is 3.00 bits per heavy atom. The van der Waals surface area contributed by atoms with Crippen molar-refractivity contribution >= 4 is 11.3 Å². The minimum absolute atomic E-state index is 0.612. The fourth-order valence-electron chi connectivity index (χ4n) is 1.15. The van der Waals surface area contributed by atoms with E-state index in [1.807, 2.05) is 6.92 Å². The lowest BCUT2D eigenvalue weighted by molar-refractivity contribution is 0.509. The zero-order valence-electron chi connectivity index (χ0n) is 8.92. The molecule has 0 saturated carbocycles. The van der Waals surface area contributed by atoms with Crippen LogP contribution in [-0.4, -0.2) is 18.1 Å². The lowest BCUT2D eigenvalue weighted by Crippen LogP contribution is -2.20. The van der Waals surface area contributed by atoms with Crippen LogP contribution in [0, 0.1) is 12.8 Å². The molecule has 1 atom stereocenters. The smallest absolute Gasteiger partial charge is 0.107 e. The molecule has 0 aliphatic rings. The first kappa shape index (κ1) is 11.6. The lowest BCUT2D eigenvalue weighted by Gasteiger charge is -2.07. The molecule has 0 bridgehead atoms. The van der Waals surface area contributed by atoms with Crippen LogP contribution in [0.4, 0.5) is 0 Å². The highest BCUT2D eigenvalue weighted by atomic mass is 32.1. The Kier molecular flexibility index (Phi) is 5.07. The molecule has 1 aromatic rings. The van der Waals surface area contributed by atoms with Gasteiger partial charge in [-0.3, -0.25) is 0 Å². The Hall–Kier alpha value is -0.450. The predicted octanol–water partition coefficient (Wildman–Crippen LogP) is 1.53. The van der Waals surface area contributed by atoms with E-state index in [4.69, 9.17) is 5.73 Å². The molecule has 3 nitrogen and oxygen atoms in total. The monoisotopic (exact) mass is 213 g/mol. The van der Waals surface area contributed by atoms with Crippen LogP contribution in [0.1, 0.15) is 24.0 Å². The van der Waals surface area contributed by atoms with Crippen molar-refractivity contribution in [2.45, 2.75) is 26.8 Å². The third kappa shape index (κ3) is 4.17. The minimum Gasteiger partial charge on any atom is -0.330 e. The van der Waals surface area contributed by atoms with Crippen molar-refractivity contribution in [3.05, 3.63) is 16.1 Å². The Balaban J connectivity index is 2.10. The molecular weight excluding hydrogens is 194 g/mol. The van der Waals surface area contributed by atoms with Crippen molar-refractivity contribution < 1.29 is 0 Å². The van der Waals surface area contributed by atoms with Crippen molar-refractivity contribution in [2.24, 2.45) is 11.7 Å². The van der Waals surface area contributed by atoms with Crippen molar-refractivity contribution in [3.63, 3.8) is 0 Å². The average molecular weight is 213 g/mol. The van der Waals surface area contributed by atoms with E-state index in [9.17, 15) is 0 Å². The topological polar surface area (TPSA) is 50.9 Å². The lowest BCUT2D eigenvalue weighted by atomic mass is 10.1. The Morgan fingerprint density at radius 1 is 1.64 bits per heavy atom. The summed E-state index contributed by atoms with van der Waals surface area (Å²) in [5, 5.41) is 6.62. The number of nitrogens with one attached hydrogen (secondary N) is 1. The molecule has 1 rings (SSSR count). The van der Waals surface area contributed by atoms with Gasteiger partial charge in [0.05, 0.1) is 0 Å². The van der Waals surface area contributed by atoms with Gasteiger partial charge in [-0.25, -0.2) is 4.98 Å². The Morgan fingerprint density at radius 2 is 2.43 bits per heavy atom. The molecule has 1 heterocycles. The molecule has 0 aliphatic carbocycles. The number of nitrogens with two attached hydrogens (primary N) is 1. The molecule has 1 unspecified atom stereocenters. The number of thiazole rings is 1. The van der Waals surface area contributed by atoms with E-state index in [1.54, 1.807) is 11.3 Å². The maximum absolute atomic E-state index is 5.53. The van der Waals surface area contributed by atoms with Gasteiger partial charge in [-0.15, -0.1) is 11.3 Å². The molecule has 4 heteroatoms. The number of nitrogens with zero attached hydrogens (tertiary/aromatic N) is 1. The highest BCUT2D eigenvalue weighted by Gasteiger charge is 2.00. The third-order valence-electron chi connectivity index (χ3n) is 2.16. The van der Waals surface area contributed by atoms with Gasteiger partial charge in [0.25, 0.3) is 0 Å². The van der Waals surface area contributed by atoms with Crippen LogP contribution in [0.2, 0.25) is 0 Å². The summed E-state index contributed by atoms with van der Waals surface area (Å²) in [7, 11) is 0. The van der Waals surface area contributed by atoms with E-state index in [0.717, 1.165) is 31.7 Å². The van der Waals surface area contributed by atoms with Crippen molar-refractivity contribution in [1.29, 1.82) is 0 Å². The summed E-state index contributed by atoms with van der Waals surface area (Å²) in [6.07, 6.45) is 1.14. The second-order valence-corrected chi connectivity index (χ2v) is 4.63. The molecule has 3 N–H and O–H groups in total. The van der Waals surface area contributed by atoms with Crippen LogP contribution >= 0.6 is 11.3 Å². The summed E-state index contributed by atoms with van der Waals surface area (Å²) in [6.45, 7) is 6.89. The van der Waals surface area contributed by atoms with Crippen LogP contribution in [0.5, 0.6) is 0 Å². The highest BCUT2D eigenvalue weighted by Crippen LogP contribution is 2.07. The summed E-state index contributed by atoms with van der Waals surface area (Å²) < 4.78 is 0. The van der Waals surface area contributed by atoms with Crippen LogP contribution in [0.15, 0.2) is 5.38 Å². The highest BCUT2D eigenvalue weighted by molar-refractivity contribution is 7.09. The molecule has 0 spiro atoms. The van der Waals surface area contributed by atoms with Crippen LogP contribution < -0.4 is 11.1 Å². The van der Waals surface area contributed by atoms with E-state index in [0.29, 0.717) is 5.92 Å². The number of aryl methyl sites for hydroxylation is 1. The van der Waals surface area contributed by atoms with Gasteiger partial charge in [-0.05, 0) is 32.4 Å². The fourth-order valence-corrected chi connectivity index (χ4v) is 1.89. The number of hydrogen-bond donors (Lipinski definition) is 2. The van der Waals surface area contributed by atoms with Gasteiger partial charge < -0.3 is 11.1 Å². The molecule has 0 fully saturated rings. The van der Waals surface area contributed by atoms with E-state index >= 15 is 0 Å². The zero-order chi connectivity index (χ0) is 10.4. The van der Waals surface area contributed by atoms with Gasteiger partial charge in [-0.2, -0.15) is 0 Å². The summed E-state index contributed by atoms with van der Waals surface area (Å²) in [6, 6.07) is 0. The van der Waals surface area contributed by atoms with Crippen LogP contribution in [0.25, 0.3) is 0 Å². The summed E-state index contributed by atoms with van der Waals surface area (Å²) in [5.41, 5.74) is 6.64. The Bertz CT molecular complexity index is 260. The van der Waals surface area contributed by atoms with E-state index < -0.39 is 0 Å². The molecule has 1 aromatic heterocycles. The van der Waals surface area contributed by atoms with Crippen molar-refractivity contribution in [2.75, 3.05) is 13.1 Å². The van der Waals surface area contributed by atoms with Gasteiger partial charge in [0.15, 0.2) is 0 Å². The van der Waals surface area contributed by atoms with E-state index in [1.165, 1.54) is 5.01 Å². The fraction of sp³-hybridized carbons (Fsp3) is 0.700. The third-order valence-corrected chi connectivity index (χ3v) is 3.13. The quantitative estimate of drug-likeness (QED) is 0.705. The van der Waals surface area contributed by atoms with Crippen LogP contribution in [0.3, 0.4) is 0 Å². The summed E-state index contributed by atoms with van der Waals surface area (Å²) in [4.78, 5) is 4.38. The number of rotatable bonds is 6. The molecule has 0 radical (unpaired) electrons. The zero-order valence-corrected chi connectivity index (χ0v) is 9.73. The number of aromatic nitrogens is 1. The number of hydrogen-bond acceptors (Lipinski definition) is 4. The summed E-state index contributed by atoms with van der Waals surface area (Å²) >= 11 is 1.72. The van der Waals surface area contributed by atoms with Crippen LogP contribution in [-0.2, 0) is 6.54 Å². The SMILES string of the molecule is Cc1csc(CNCCC(C)CN)n1. The van der Waals surface area contributed by atoms with Gasteiger partial charge >= 0.3 is 0 Å². The van der Waals surface area contributed by atoms with Gasteiger partial charge in [0.2, 0.25) is 0 Å². The van der Waals surface area contributed by atoms with Crippen molar-refractivity contribution in [1.82, 2.24) is 10.3 Å². The molecule has 0 aromatic carbocycles. The molecule has 0 amide bonds. The maximum atomic E-state index is 5.53.